The van der Waals surface area contributed by atoms with E-state index < -0.39 is 42.8 Å². The Morgan fingerprint density at radius 2 is 1.54 bits per heavy atom. The van der Waals surface area contributed by atoms with Crippen LogP contribution in [0, 0.1) is 20.2 Å². The Morgan fingerprint density at radius 1 is 0.927 bits per heavy atom. The number of nitro benzene ring substituents is 2. The van der Waals surface area contributed by atoms with Gasteiger partial charge in [0.05, 0.1) is 34.5 Å². The molecule has 1 fully saturated rings. The average molecular weight is 588 g/mol. The number of nitro groups is 2. The highest BCUT2D eigenvalue weighted by Gasteiger charge is 2.31. The predicted octanol–water partition coefficient (Wildman–Crippen LogP) is 3.48. The maximum absolute atomic E-state index is 12.9. The number of ether oxygens (including phenoxy) is 2. The zero-order chi connectivity index (χ0) is 29.7. The fraction of sp³-hybridized carbons (Fsp3) is 0.292. The lowest BCUT2D eigenvalue weighted by Crippen LogP contribution is -2.35. The summed E-state index contributed by atoms with van der Waals surface area (Å²) in [4.78, 5) is 44.2. The van der Waals surface area contributed by atoms with Crippen LogP contribution in [0.5, 0.6) is 11.9 Å². The molecule has 0 radical (unpaired) electrons. The minimum absolute atomic E-state index is 0.0564. The number of hydrogen-bond donors (Lipinski definition) is 2. The van der Waals surface area contributed by atoms with Gasteiger partial charge in [-0.25, -0.2) is 8.42 Å². The smallest absolute Gasteiger partial charge is 0.321 e. The largest absolute Gasteiger partial charge is 0.481 e. The van der Waals surface area contributed by atoms with Gasteiger partial charge in [0.25, 0.3) is 15.9 Å². The first-order chi connectivity index (χ1) is 19.5. The predicted molar refractivity (Wildman–Crippen MR) is 145 cm³/mol. The second kappa shape index (κ2) is 12.0. The van der Waals surface area contributed by atoms with Gasteiger partial charge in [-0.1, -0.05) is 0 Å². The number of likely N-dealkylation sites (tertiary alicyclic amines) is 1. The Balaban J connectivity index is 1.62. The molecule has 17 heteroatoms. The molecule has 0 spiro atoms. The van der Waals surface area contributed by atoms with Crippen molar-refractivity contribution in [3.05, 3.63) is 68.3 Å². The molecule has 3 aromatic rings. The van der Waals surface area contributed by atoms with Crippen LogP contribution in [0.25, 0.3) is 0 Å². The standard InChI is InChI=1S/C24H25N7O9S/c1-39-21-14-20(26-24(27-21)40-2)28-41(37,38)17-8-6-16(7-9-17)25-22-18(30(33)34)12-15(13-19(22)31(35)36)23(32)29-10-4-3-5-11-29/h6-9,12-14,25H,3-5,10-11H2,1-2H3,(H,26,27,28). The third-order valence-corrected chi connectivity index (χ3v) is 7.50. The van der Waals surface area contributed by atoms with Gasteiger partial charge in [-0.15, -0.1) is 0 Å². The number of methoxy groups -OCH3 is 2. The third kappa shape index (κ3) is 6.57. The lowest BCUT2D eigenvalue weighted by atomic mass is 10.1. The SMILES string of the molecule is COc1cc(NS(=O)(=O)c2ccc(Nc3c([N+](=O)[O-])cc(C(=O)N4CCCCC4)cc3[N+](=O)[O-])cc2)nc(OC)n1. The van der Waals surface area contributed by atoms with E-state index in [0.29, 0.717) is 13.1 Å². The van der Waals surface area contributed by atoms with Crippen molar-refractivity contribution in [3.63, 3.8) is 0 Å². The molecule has 1 amide bonds. The molecular weight excluding hydrogens is 562 g/mol. The Morgan fingerprint density at radius 3 is 2.07 bits per heavy atom. The van der Waals surface area contributed by atoms with E-state index in [1.165, 1.54) is 49.5 Å². The number of piperidine rings is 1. The number of nitrogens with one attached hydrogen (secondary N) is 2. The van der Waals surface area contributed by atoms with Crippen molar-refractivity contribution in [2.45, 2.75) is 24.2 Å². The van der Waals surface area contributed by atoms with Gasteiger partial charge in [0.2, 0.25) is 5.88 Å². The number of hydrogen-bond acceptors (Lipinski definition) is 12. The molecular formula is C24H25N7O9S. The van der Waals surface area contributed by atoms with E-state index in [0.717, 1.165) is 31.4 Å². The number of carbonyl (C=O) groups is 1. The summed E-state index contributed by atoms with van der Waals surface area (Å²) in [5.74, 6) is -0.592. The van der Waals surface area contributed by atoms with Crippen LogP contribution in [0.1, 0.15) is 29.6 Å². The summed E-state index contributed by atoms with van der Waals surface area (Å²) in [5.41, 5.74) is -1.85. The fourth-order valence-corrected chi connectivity index (χ4v) is 5.13. The maximum atomic E-state index is 12.9. The van der Waals surface area contributed by atoms with Crippen molar-refractivity contribution in [2.24, 2.45) is 0 Å². The maximum Gasteiger partial charge on any atom is 0.321 e. The molecule has 1 aromatic heterocycles. The first-order valence-electron chi connectivity index (χ1n) is 12.2. The molecule has 1 aliphatic heterocycles. The molecule has 0 bridgehead atoms. The number of nitrogens with zero attached hydrogens (tertiary/aromatic N) is 5. The number of amides is 1. The van der Waals surface area contributed by atoms with E-state index in [1.807, 2.05) is 0 Å². The van der Waals surface area contributed by atoms with Crippen LogP contribution < -0.4 is 19.5 Å². The van der Waals surface area contributed by atoms with Crippen LogP contribution in [0.3, 0.4) is 0 Å². The van der Waals surface area contributed by atoms with Gasteiger partial charge in [-0.3, -0.25) is 29.7 Å². The number of anilines is 3. The van der Waals surface area contributed by atoms with Crippen molar-refractivity contribution in [1.82, 2.24) is 14.9 Å². The van der Waals surface area contributed by atoms with Crippen LogP contribution in [0.15, 0.2) is 47.4 Å². The summed E-state index contributed by atoms with van der Waals surface area (Å²) in [7, 11) is -1.53. The fourth-order valence-electron chi connectivity index (χ4n) is 4.14. The normalized spacial score (nSPS) is 13.3. The molecule has 0 saturated carbocycles. The molecule has 16 nitrogen and oxygen atoms in total. The van der Waals surface area contributed by atoms with E-state index in [9.17, 15) is 33.4 Å². The molecule has 1 saturated heterocycles. The molecule has 2 aromatic carbocycles. The molecule has 216 valence electrons. The highest BCUT2D eigenvalue weighted by Crippen LogP contribution is 2.38. The summed E-state index contributed by atoms with van der Waals surface area (Å²) in [6, 6.07) is 8.03. The summed E-state index contributed by atoms with van der Waals surface area (Å²) in [5, 5.41) is 26.4. The summed E-state index contributed by atoms with van der Waals surface area (Å²) in [6.45, 7) is 0.922. The van der Waals surface area contributed by atoms with Crippen LogP contribution in [0.4, 0.5) is 28.6 Å². The van der Waals surface area contributed by atoms with Gasteiger partial charge < -0.3 is 19.7 Å². The summed E-state index contributed by atoms with van der Waals surface area (Å²) in [6.07, 6.45) is 2.50. The van der Waals surface area contributed by atoms with E-state index >= 15 is 0 Å². The monoisotopic (exact) mass is 587 g/mol. The number of aromatic nitrogens is 2. The first-order valence-corrected chi connectivity index (χ1v) is 13.6. The lowest BCUT2D eigenvalue weighted by Gasteiger charge is -2.26. The molecule has 0 unspecified atom stereocenters. The Bertz CT molecular complexity index is 1530. The molecule has 0 aliphatic carbocycles. The van der Waals surface area contributed by atoms with Crippen LogP contribution in [-0.2, 0) is 10.0 Å². The van der Waals surface area contributed by atoms with Crippen molar-refractivity contribution < 1.29 is 32.5 Å². The second-order valence-electron chi connectivity index (χ2n) is 8.79. The summed E-state index contributed by atoms with van der Waals surface area (Å²) >= 11 is 0. The highest BCUT2D eigenvalue weighted by atomic mass is 32.2. The third-order valence-electron chi connectivity index (χ3n) is 6.13. The topological polar surface area (TPSA) is 209 Å². The van der Waals surface area contributed by atoms with E-state index in [-0.39, 0.29) is 33.9 Å². The minimum Gasteiger partial charge on any atom is -0.481 e. The van der Waals surface area contributed by atoms with Crippen molar-refractivity contribution in [3.8, 4) is 11.9 Å². The molecule has 0 atom stereocenters. The van der Waals surface area contributed by atoms with Gasteiger partial charge in [0, 0.05) is 37.0 Å². The van der Waals surface area contributed by atoms with E-state index in [2.05, 4.69) is 20.0 Å². The van der Waals surface area contributed by atoms with Crippen LogP contribution >= 0.6 is 0 Å². The average Bonchev–Trinajstić information content (AvgIpc) is 2.96. The Hall–Kier alpha value is -5.06. The molecule has 4 rings (SSSR count). The quantitative estimate of drug-likeness (QED) is 0.258. The first kappa shape index (κ1) is 28.9. The lowest BCUT2D eigenvalue weighted by molar-refractivity contribution is -0.392. The van der Waals surface area contributed by atoms with Gasteiger partial charge in [0.15, 0.2) is 11.5 Å². The Kier molecular flexibility index (Phi) is 8.46. The van der Waals surface area contributed by atoms with Crippen LogP contribution in [-0.4, -0.2) is 66.3 Å². The van der Waals surface area contributed by atoms with Gasteiger partial charge in [-0.05, 0) is 43.5 Å². The molecule has 41 heavy (non-hydrogen) atoms. The zero-order valence-electron chi connectivity index (χ0n) is 21.9. The van der Waals surface area contributed by atoms with E-state index in [1.54, 1.807) is 0 Å². The molecule has 2 heterocycles. The Labute approximate surface area is 233 Å². The van der Waals surface area contributed by atoms with Gasteiger partial charge in [0.1, 0.15) is 0 Å². The highest BCUT2D eigenvalue weighted by molar-refractivity contribution is 7.92. The molecule has 2 N–H and O–H groups in total. The van der Waals surface area contributed by atoms with Crippen molar-refractivity contribution in [2.75, 3.05) is 37.3 Å². The van der Waals surface area contributed by atoms with Gasteiger partial charge in [-0.2, -0.15) is 9.97 Å². The minimum atomic E-state index is -4.16. The number of benzene rings is 2. The second-order valence-corrected chi connectivity index (χ2v) is 10.5. The van der Waals surface area contributed by atoms with Crippen LogP contribution in [0.2, 0.25) is 0 Å². The summed E-state index contributed by atoms with van der Waals surface area (Å²) < 4.78 is 38.0. The van der Waals surface area contributed by atoms with E-state index in [4.69, 9.17) is 9.47 Å². The zero-order valence-corrected chi connectivity index (χ0v) is 22.7. The van der Waals surface area contributed by atoms with Crippen molar-refractivity contribution in [1.29, 1.82) is 0 Å². The van der Waals surface area contributed by atoms with Crippen molar-refractivity contribution >= 4 is 44.5 Å². The molecule has 1 aliphatic rings. The number of carbonyl (C=O) groups excluding carboxylic acids is 1. The van der Waals surface area contributed by atoms with Gasteiger partial charge >= 0.3 is 17.4 Å². The number of sulfonamides is 1. The number of rotatable bonds is 10.